The van der Waals surface area contributed by atoms with Crippen LogP contribution in [0.1, 0.15) is 5.56 Å². The topological polar surface area (TPSA) is 46.5 Å². The number of hydrogen-bond acceptors (Lipinski definition) is 2. The maximum Gasteiger partial charge on any atom is 0.387 e. The first-order chi connectivity index (χ1) is 7.91. The van der Waals surface area contributed by atoms with Gasteiger partial charge >= 0.3 is 12.6 Å². The first kappa shape index (κ1) is 13.0. The van der Waals surface area contributed by atoms with E-state index in [1.165, 1.54) is 0 Å². The molecule has 1 rings (SSSR count). The second-order valence-corrected chi connectivity index (χ2v) is 2.83. The van der Waals surface area contributed by atoms with Crippen LogP contribution in [0, 0.1) is 11.6 Å². The molecule has 0 fully saturated rings. The molecule has 7 heteroatoms. The van der Waals surface area contributed by atoms with Crippen molar-refractivity contribution in [3.05, 3.63) is 35.4 Å². The van der Waals surface area contributed by atoms with E-state index in [0.29, 0.717) is 12.1 Å². The Labute approximate surface area is 92.9 Å². The Hall–Kier alpha value is -2.05. The van der Waals surface area contributed by atoms with Crippen LogP contribution in [0.4, 0.5) is 17.6 Å². The minimum Gasteiger partial charge on any atom is -0.478 e. The Kier molecular flexibility index (Phi) is 4.08. The summed E-state index contributed by atoms with van der Waals surface area (Å²) >= 11 is 0. The normalized spacial score (nSPS) is 11.1. The van der Waals surface area contributed by atoms with Crippen molar-refractivity contribution in [2.45, 2.75) is 6.61 Å². The first-order valence-corrected chi connectivity index (χ1v) is 4.25. The zero-order valence-electron chi connectivity index (χ0n) is 8.16. The molecule has 0 radical (unpaired) electrons. The monoisotopic (exact) mass is 250 g/mol. The molecule has 0 amide bonds. The van der Waals surface area contributed by atoms with Gasteiger partial charge in [-0.3, -0.25) is 0 Å². The molecule has 0 aliphatic heterocycles. The molecule has 0 atom stereocenters. The molecule has 92 valence electrons. The fraction of sp³-hybridized carbons (Fsp3) is 0.100. The molecule has 0 spiro atoms. The summed E-state index contributed by atoms with van der Waals surface area (Å²) < 4.78 is 53.7. The summed E-state index contributed by atoms with van der Waals surface area (Å²) in [5, 5.41) is 8.30. The SMILES string of the molecule is O=C(O)/C=C/c1ccc(F)c(OC(F)F)c1F. The van der Waals surface area contributed by atoms with E-state index in [-0.39, 0.29) is 5.56 Å². The molecule has 1 N–H and O–H groups in total. The molecule has 1 aromatic carbocycles. The molecule has 0 unspecified atom stereocenters. The lowest BCUT2D eigenvalue weighted by atomic mass is 10.1. The quantitative estimate of drug-likeness (QED) is 0.660. The number of aliphatic carboxylic acids is 1. The van der Waals surface area contributed by atoms with Gasteiger partial charge in [0.05, 0.1) is 0 Å². The van der Waals surface area contributed by atoms with Crippen LogP contribution in [-0.4, -0.2) is 17.7 Å². The van der Waals surface area contributed by atoms with E-state index in [0.717, 1.165) is 12.1 Å². The van der Waals surface area contributed by atoms with Crippen LogP contribution in [0.15, 0.2) is 18.2 Å². The summed E-state index contributed by atoms with van der Waals surface area (Å²) in [5.74, 6) is -5.28. The largest absolute Gasteiger partial charge is 0.478 e. The van der Waals surface area contributed by atoms with Gasteiger partial charge in [0.1, 0.15) is 0 Å². The van der Waals surface area contributed by atoms with E-state index in [1.54, 1.807) is 0 Å². The van der Waals surface area contributed by atoms with Crippen molar-refractivity contribution < 1.29 is 32.2 Å². The maximum atomic E-state index is 13.4. The molecular weight excluding hydrogens is 244 g/mol. The van der Waals surface area contributed by atoms with Gasteiger partial charge in [-0.1, -0.05) is 0 Å². The van der Waals surface area contributed by atoms with Gasteiger partial charge in [0, 0.05) is 11.6 Å². The smallest absolute Gasteiger partial charge is 0.387 e. The lowest BCUT2D eigenvalue weighted by Crippen LogP contribution is -2.06. The zero-order chi connectivity index (χ0) is 13.0. The molecule has 0 aliphatic rings. The van der Waals surface area contributed by atoms with Gasteiger partial charge in [0.2, 0.25) is 0 Å². The van der Waals surface area contributed by atoms with Crippen molar-refractivity contribution in [1.29, 1.82) is 0 Å². The van der Waals surface area contributed by atoms with Crippen molar-refractivity contribution in [1.82, 2.24) is 0 Å². The Morgan fingerprint density at radius 2 is 2.00 bits per heavy atom. The lowest BCUT2D eigenvalue weighted by Gasteiger charge is -2.08. The number of carboxylic acids is 1. The summed E-state index contributed by atoms with van der Waals surface area (Å²) in [6, 6.07) is 1.60. The average Bonchev–Trinajstić information content (AvgIpc) is 2.22. The molecule has 17 heavy (non-hydrogen) atoms. The van der Waals surface area contributed by atoms with Gasteiger partial charge in [-0.25, -0.2) is 13.6 Å². The Balaban J connectivity index is 3.14. The minimum absolute atomic E-state index is 0.371. The minimum atomic E-state index is -3.38. The fourth-order valence-corrected chi connectivity index (χ4v) is 1.03. The van der Waals surface area contributed by atoms with Crippen molar-refractivity contribution in [3.63, 3.8) is 0 Å². The van der Waals surface area contributed by atoms with Crippen LogP contribution in [0.2, 0.25) is 0 Å². The van der Waals surface area contributed by atoms with Crippen molar-refractivity contribution >= 4 is 12.0 Å². The zero-order valence-corrected chi connectivity index (χ0v) is 8.16. The third-order valence-corrected chi connectivity index (χ3v) is 1.69. The number of rotatable bonds is 4. The predicted octanol–water partition coefficient (Wildman–Crippen LogP) is 2.66. The summed E-state index contributed by atoms with van der Waals surface area (Å²) in [4.78, 5) is 10.2. The number of ether oxygens (including phenoxy) is 1. The molecule has 1 aromatic rings. The van der Waals surface area contributed by atoms with E-state index in [4.69, 9.17) is 5.11 Å². The summed E-state index contributed by atoms with van der Waals surface area (Å²) in [6.07, 6.45) is 1.39. The van der Waals surface area contributed by atoms with Crippen LogP contribution >= 0.6 is 0 Å². The molecule has 0 bridgehead atoms. The van der Waals surface area contributed by atoms with Gasteiger partial charge in [-0.15, -0.1) is 0 Å². The van der Waals surface area contributed by atoms with E-state index >= 15 is 0 Å². The molecule has 0 saturated heterocycles. The number of carboxylic acid groups (broad SMARTS) is 1. The van der Waals surface area contributed by atoms with Crippen LogP contribution in [-0.2, 0) is 4.79 Å². The van der Waals surface area contributed by atoms with Crippen LogP contribution in [0.25, 0.3) is 6.08 Å². The molecular formula is C10H6F4O3. The predicted molar refractivity (Wildman–Crippen MR) is 49.7 cm³/mol. The van der Waals surface area contributed by atoms with Gasteiger partial charge in [-0.2, -0.15) is 8.78 Å². The van der Waals surface area contributed by atoms with E-state index < -0.39 is 30.0 Å². The van der Waals surface area contributed by atoms with Crippen LogP contribution in [0.3, 0.4) is 0 Å². The van der Waals surface area contributed by atoms with Gasteiger partial charge in [0.15, 0.2) is 17.4 Å². The number of carbonyl (C=O) groups is 1. The van der Waals surface area contributed by atoms with E-state index in [2.05, 4.69) is 4.74 Å². The number of halogens is 4. The summed E-state index contributed by atoms with van der Waals surface area (Å²) in [6.45, 7) is -3.38. The third kappa shape index (κ3) is 3.47. The number of alkyl halides is 2. The second-order valence-electron chi connectivity index (χ2n) is 2.83. The molecule has 0 heterocycles. The standard InChI is InChI=1S/C10H6F4O3/c11-6-3-1-5(2-4-7(15)16)8(12)9(6)17-10(13)14/h1-4,10H,(H,15,16)/b4-2+. The highest BCUT2D eigenvalue weighted by molar-refractivity contribution is 5.85. The highest BCUT2D eigenvalue weighted by Gasteiger charge is 2.17. The van der Waals surface area contributed by atoms with Crippen LogP contribution < -0.4 is 4.74 Å². The van der Waals surface area contributed by atoms with Crippen LogP contribution in [0.5, 0.6) is 5.75 Å². The highest BCUT2D eigenvalue weighted by Crippen LogP contribution is 2.26. The third-order valence-electron chi connectivity index (χ3n) is 1.69. The van der Waals surface area contributed by atoms with Gasteiger partial charge in [-0.05, 0) is 18.2 Å². The molecule has 0 aliphatic carbocycles. The van der Waals surface area contributed by atoms with Crippen molar-refractivity contribution in [2.75, 3.05) is 0 Å². The number of hydrogen-bond donors (Lipinski definition) is 1. The second kappa shape index (κ2) is 5.33. The molecule has 3 nitrogen and oxygen atoms in total. The van der Waals surface area contributed by atoms with Crippen molar-refractivity contribution in [2.24, 2.45) is 0 Å². The Bertz CT molecular complexity index is 457. The Morgan fingerprint density at radius 1 is 1.35 bits per heavy atom. The van der Waals surface area contributed by atoms with Gasteiger partial charge < -0.3 is 9.84 Å². The van der Waals surface area contributed by atoms with Gasteiger partial charge in [0.25, 0.3) is 0 Å². The highest BCUT2D eigenvalue weighted by atomic mass is 19.3. The fourth-order valence-electron chi connectivity index (χ4n) is 1.03. The summed E-state index contributed by atoms with van der Waals surface area (Å²) in [7, 11) is 0. The lowest BCUT2D eigenvalue weighted by molar-refractivity contribution is -0.131. The number of benzene rings is 1. The van der Waals surface area contributed by atoms with E-state index in [1.807, 2.05) is 0 Å². The first-order valence-electron chi connectivity index (χ1n) is 4.25. The maximum absolute atomic E-state index is 13.4. The Morgan fingerprint density at radius 3 is 2.53 bits per heavy atom. The summed E-state index contributed by atoms with van der Waals surface area (Å²) in [5.41, 5.74) is -0.371. The molecule has 0 aromatic heterocycles. The average molecular weight is 250 g/mol. The van der Waals surface area contributed by atoms with Crippen molar-refractivity contribution in [3.8, 4) is 5.75 Å². The van der Waals surface area contributed by atoms with E-state index in [9.17, 15) is 22.4 Å². The molecule has 0 saturated carbocycles.